The maximum atomic E-state index is 12.6. The first-order chi connectivity index (χ1) is 11.5. The van der Waals surface area contributed by atoms with Crippen LogP contribution in [0.15, 0.2) is 24.4 Å². The summed E-state index contributed by atoms with van der Waals surface area (Å²) in [5, 5.41) is 0. The molecule has 0 saturated carbocycles. The van der Waals surface area contributed by atoms with Crippen molar-refractivity contribution in [3.63, 3.8) is 0 Å². The molecule has 2 aliphatic rings. The van der Waals surface area contributed by atoms with E-state index in [0.717, 1.165) is 12.8 Å². The summed E-state index contributed by atoms with van der Waals surface area (Å²) >= 11 is 0. The smallest absolute Gasteiger partial charge is 0.222 e. The molecule has 6 nitrogen and oxygen atoms in total. The van der Waals surface area contributed by atoms with Gasteiger partial charge in [-0.3, -0.25) is 4.79 Å². The summed E-state index contributed by atoms with van der Waals surface area (Å²) < 4.78 is 30.0. The fraction of sp³-hybridized carbons (Fsp3) is 0.647. The molecule has 2 fully saturated rings. The largest absolute Gasteiger partial charge is 0.477 e. The molecular formula is C17H24N2O4S. The van der Waals surface area contributed by atoms with Crippen LogP contribution in [0.3, 0.4) is 0 Å². The summed E-state index contributed by atoms with van der Waals surface area (Å²) in [6, 6.07) is 5.40. The molecule has 0 aromatic carbocycles. The molecule has 1 unspecified atom stereocenters. The molecule has 1 amide bonds. The fourth-order valence-corrected chi connectivity index (χ4v) is 5.99. The van der Waals surface area contributed by atoms with Crippen molar-refractivity contribution in [3.05, 3.63) is 24.4 Å². The molecule has 0 radical (unpaired) electrons. The Kier molecular flexibility index (Phi) is 4.80. The molecule has 2 saturated heterocycles. The zero-order valence-electron chi connectivity index (χ0n) is 14.0. The lowest BCUT2D eigenvalue weighted by atomic mass is 9.83. The lowest BCUT2D eigenvalue weighted by Crippen LogP contribution is -2.68. The third kappa shape index (κ3) is 3.01. The van der Waals surface area contributed by atoms with E-state index in [2.05, 4.69) is 4.98 Å². The number of likely N-dealkylation sites (tertiary alicyclic amines) is 1. The van der Waals surface area contributed by atoms with E-state index in [4.69, 9.17) is 4.74 Å². The van der Waals surface area contributed by atoms with Gasteiger partial charge in [-0.05, 0) is 18.9 Å². The monoisotopic (exact) mass is 352 g/mol. The van der Waals surface area contributed by atoms with E-state index in [0.29, 0.717) is 38.4 Å². The molecule has 3 heterocycles. The van der Waals surface area contributed by atoms with Crippen LogP contribution >= 0.6 is 0 Å². The van der Waals surface area contributed by atoms with Gasteiger partial charge in [0.25, 0.3) is 0 Å². The van der Waals surface area contributed by atoms with E-state index in [1.807, 2.05) is 13.0 Å². The first kappa shape index (κ1) is 17.2. The van der Waals surface area contributed by atoms with Crippen LogP contribution in [0.5, 0.6) is 5.88 Å². The highest BCUT2D eigenvalue weighted by atomic mass is 32.2. The molecule has 0 aliphatic carbocycles. The van der Waals surface area contributed by atoms with E-state index >= 15 is 0 Å². The fourth-order valence-electron chi connectivity index (χ4n) is 3.59. The maximum Gasteiger partial charge on any atom is 0.222 e. The summed E-state index contributed by atoms with van der Waals surface area (Å²) in [6.07, 6.45) is 4.55. The van der Waals surface area contributed by atoms with Gasteiger partial charge in [0.15, 0.2) is 9.84 Å². The molecule has 1 aromatic rings. The zero-order valence-corrected chi connectivity index (χ0v) is 14.8. The number of nitrogens with zero attached hydrogens (tertiary/aromatic N) is 2. The van der Waals surface area contributed by atoms with Gasteiger partial charge in [0.05, 0.1) is 12.4 Å². The van der Waals surface area contributed by atoms with E-state index in [1.165, 1.54) is 0 Å². The van der Waals surface area contributed by atoms with Crippen LogP contribution < -0.4 is 4.74 Å². The molecule has 3 rings (SSSR count). The van der Waals surface area contributed by atoms with Crippen molar-refractivity contribution in [3.8, 4) is 5.88 Å². The minimum atomic E-state index is -3.18. The molecule has 1 atom stereocenters. The Bertz CT molecular complexity index is 684. The van der Waals surface area contributed by atoms with Gasteiger partial charge in [0.1, 0.15) is 4.75 Å². The highest BCUT2D eigenvalue weighted by molar-refractivity contribution is 7.93. The Morgan fingerprint density at radius 1 is 1.42 bits per heavy atom. The predicted octanol–water partition coefficient (Wildman–Crippen LogP) is 1.67. The number of unbranched alkanes of at least 4 members (excludes halogenated alkanes) is 1. The van der Waals surface area contributed by atoms with E-state index in [9.17, 15) is 13.2 Å². The lowest BCUT2D eigenvalue weighted by Gasteiger charge is -2.49. The maximum absolute atomic E-state index is 12.6. The highest BCUT2D eigenvalue weighted by Crippen LogP contribution is 2.45. The van der Waals surface area contributed by atoms with Crippen LogP contribution in [0.4, 0.5) is 0 Å². The summed E-state index contributed by atoms with van der Waals surface area (Å²) in [4.78, 5) is 17.9. The van der Waals surface area contributed by atoms with Gasteiger partial charge in [-0.25, -0.2) is 13.4 Å². The van der Waals surface area contributed by atoms with Crippen LogP contribution in [0.25, 0.3) is 0 Å². The Balaban J connectivity index is 1.65. The number of pyridine rings is 1. The van der Waals surface area contributed by atoms with Gasteiger partial charge in [-0.2, -0.15) is 0 Å². The summed E-state index contributed by atoms with van der Waals surface area (Å²) in [7, 11) is -3.18. The van der Waals surface area contributed by atoms with Crippen LogP contribution in [-0.2, 0) is 14.6 Å². The van der Waals surface area contributed by atoms with Crippen molar-refractivity contribution in [1.82, 2.24) is 9.88 Å². The van der Waals surface area contributed by atoms with Crippen molar-refractivity contribution >= 4 is 15.7 Å². The summed E-state index contributed by atoms with van der Waals surface area (Å²) in [5.74, 6) is 0.668. The predicted molar refractivity (Wildman–Crippen MR) is 90.5 cm³/mol. The van der Waals surface area contributed by atoms with Gasteiger partial charge >= 0.3 is 0 Å². The number of ether oxygens (including phenoxy) is 1. The molecular weight excluding hydrogens is 328 g/mol. The average molecular weight is 352 g/mol. The number of aromatic nitrogens is 1. The lowest BCUT2D eigenvalue weighted by molar-refractivity contribution is -0.137. The summed E-state index contributed by atoms with van der Waals surface area (Å²) in [5.41, 5.74) is 0. The number of rotatable bonds is 6. The number of hydrogen-bond donors (Lipinski definition) is 0. The third-order valence-electron chi connectivity index (χ3n) is 5.18. The number of sulfone groups is 1. The molecule has 7 heteroatoms. The molecule has 1 aromatic heterocycles. The SMILES string of the molecule is CCCCC(=O)N1CC2(C1)C(COc1ccccn1)CCS2(=O)=O. The van der Waals surface area contributed by atoms with Crippen LogP contribution in [0.2, 0.25) is 0 Å². The van der Waals surface area contributed by atoms with Crippen molar-refractivity contribution < 1.29 is 17.9 Å². The Hall–Kier alpha value is -1.63. The number of carbonyl (C=O) groups excluding carboxylic acids is 1. The Labute approximate surface area is 143 Å². The average Bonchev–Trinajstić information content (AvgIpc) is 2.81. The normalized spacial score (nSPS) is 23.9. The third-order valence-corrected chi connectivity index (χ3v) is 7.79. The minimum absolute atomic E-state index is 0.0639. The number of carbonyl (C=O) groups is 1. The molecule has 2 aliphatic heterocycles. The van der Waals surface area contributed by atoms with E-state index in [1.54, 1.807) is 23.2 Å². The first-order valence-electron chi connectivity index (χ1n) is 8.52. The second-order valence-electron chi connectivity index (χ2n) is 6.70. The molecule has 0 bridgehead atoms. The quantitative estimate of drug-likeness (QED) is 0.778. The second kappa shape index (κ2) is 6.70. The first-order valence-corrected chi connectivity index (χ1v) is 10.2. The van der Waals surface area contributed by atoms with Gasteiger partial charge < -0.3 is 9.64 Å². The van der Waals surface area contributed by atoms with Gasteiger partial charge in [-0.1, -0.05) is 19.4 Å². The van der Waals surface area contributed by atoms with E-state index in [-0.39, 0.29) is 17.6 Å². The van der Waals surface area contributed by atoms with Crippen molar-refractivity contribution in [2.45, 2.75) is 37.4 Å². The van der Waals surface area contributed by atoms with Crippen molar-refractivity contribution in [1.29, 1.82) is 0 Å². The minimum Gasteiger partial charge on any atom is -0.477 e. The van der Waals surface area contributed by atoms with Gasteiger partial charge in [-0.15, -0.1) is 0 Å². The highest BCUT2D eigenvalue weighted by Gasteiger charge is 2.62. The molecule has 132 valence electrons. The van der Waals surface area contributed by atoms with Crippen molar-refractivity contribution in [2.24, 2.45) is 5.92 Å². The number of amides is 1. The van der Waals surface area contributed by atoms with E-state index < -0.39 is 14.6 Å². The Morgan fingerprint density at radius 3 is 2.88 bits per heavy atom. The topological polar surface area (TPSA) is 76.6 Å². The standard InChI is InChI=1S/C17H24N2O4S/c1-2-3-7-16(20)19-12-17(13-19)14(8-10-24(17,21)22)11-23-15-6-4-5-9-18-15/h4-6,9,14H,2-3,7-8,10-13H2,1H3. The van der Waals surface area contributed by atoms with Gasteiger partial charge in [0, 0.05) is 37.7 Å². The van der Waals surface area contributed by atoms with Gasteiger partial charge in [0.2, 0.25) is 11.8 Å². The second-order valence-corrected chi connectivity index (χ2v) is 9.15. The van der Waals surface area contributed by atoms with Crippen LogP contribution in [-0.4, -0.2) is 54.4 Å². The summed E-state index contributed by atoms with van der Waals surface area (Å²) in [6.45, 7) is 2.99. The van der Waals surface area contributed by atoms with Crippen LogP contribution in [0.1, 0.15) is 32.6 Å². The molecule has 24 heavy (non-hydrogen) atoms. The van der Waals surface area contributed by atoms with Crippen molar-refractivity contribution in [2.75, 3.05) is 25.4 Å². The molecule has 0 N–H and O–H groups in total. The van der Waals surface area contributed by atoms with Crippen LogP contribution in [0, 0.1) is 5.92 Å². The number of hydrogen-bond acceptors (Lipinski definition) is 5. The molecule has 1 spiro atoms. The Morgan fingerprint density at radius 2 is 2.21 bits per heavy atom. The zero-order chi connectivity index (χ0) is 17.2.